The first-order chi connectivity index (χ1) is 8.61. The summed E-state index contributed by atoms with van der Waals surface area (Å²) >= 11 is 0. The minimum absolute atomic E-state index is 0.0609. The second-order valence-electron chi connectivity index (χ2n) is 3.77. The summed E-state index contributed by atoms with van der Waals surface area (Å²) < 4.78 is 0. The number of phenolic OH excluding ortho intramolecular Hbond substituents is 1. The molecule has 0 bridgehead atoms. The van der Waals surface area contributed by atoms with E-state index in [0.717, 1.165) is 0 Å². The zero-order chi connectivity index (χ0) is 13.5. The lowest BCUT2D eigenvalue weighted by molar-refractivity contribution is -0.119. The Morgan fingerprint density at radius 2 is 1.83 bits per heavy atom. The van der Waals surface area contributed by atoms with Gasteiger partial charge in [-0.15, -0.1) is 13.2 Å². The number of hydrogen-bond donors (Lipinski definition) is 1. The van der Waals surface area contributed by atoms with E-state index in [1.165, 1.54) is 11.9 Å². The summed E-state index contributed by atoms with van der Waals surface area (Å²) in [6.07, 6.45) is 3.39. The molecule has 0 unspecified atom stereocenters. The Bertz CT molecular complexity index is 433. The molecule has 0 aliphatic carbocycles. The van der Waals surface area contributed by atoms with Crippen molar-refractivity contribution in [2.75, 3.05) is 18.1 Å². The third-order valence-corrected chi connectivity index (χ3v) is 2.37. The van der Waals surface area contributed by atoms with Crippen LogP contribution in [0.2, 0.25) is 0 Å². The van der Waals surface area contributed by atoms with Crippen molar-refractivity contribution in [1.29, 1.82) is 0 Å². The SMILES string of the molecule is C=CCN(CC=C)N(C(C)=O)c1ccccc1O. The highest BCUT2D eigenvalue weighted by Crippen LogP contribution is 2.27. The third kappa shape index (κ3) is 3.21. The Balaban J connectivity index is 3.15. The maximum absolute atomic E-state index is 11.8. The predicted molar refractivity (Wildman–Crippen MR) is 73.2 cm³/mol. The van der Waals surface area contributed by atoms with Gasteiger partial charge in [-0.25, -0.2) is 10.0 Å². The average molecular weight is 246 g/mol. The number of carbonyl (C=O) groups excluding carboxylic acids is 1. The van der Waals surface area contributed by atoms with Gasteiger partial charge in [-0.2, -0.15) is 0 Å². The van der Waals surface area contributed by atoms with E-state index < -0.39 is 0 Å². The van der Waals surface area contributed by atoms with Gasteiger partial charge < -0.3 is 5.11 Å². The lowest BCUT2D eigenvalue weighted by Crippen LogP contribution is -2.46. The lowest BCUT2D eigenvalue weighted by atomic mass is 10.3. The van der Waals surface area contributed by atoms with Gasteiger partial charge in [-0.3, -0.25) is 4.79 Å². The van der Waals surface area contributed by atoms with Crippen LogP contribution in [0.3, 0.4) is 0 Å². The van der Waals surface area contributed by atoms with E-state index in [4.69, 9.17) is 0 Å². The highest BCUT2D eigenvalue weighted by molar-refractivity contribution is 5.92. The first kappa shape index (κ1) is 14.0. The van der Waals surface area contributed by atoms with Crippen molar-refractivity contribution in [3.05, 3.63) is 49.6 Å². The number of amides is 1. The predicted octanol–water partition coefficient (Wildman–Crippen LogP) is 2.33. The summed E-state index contributed by atoms with van der Waals surface area (Å²) in [7, 11) is 0. The van der Waals surface area contributed by atoms with Crippen LogP contribution in [0.15, 0.2) is 49.6 Å². The molecule has 0 fully saturated rings. The zero-order valence-electron chi connectivity index (χ0n) is 10.5. The highest BCUT2D eigenvalue weighted by atomic mass is 16.3. The van der Waals surface area contributed by atoms with Crippen LogP contribution in [-0.4, -0.2) is 29.1 Å². The average Bonchev–Trinajstić information content (AvgIpc) is 2.32. The molecule has 4 nitrogen and oxygen atoms in total. The first-order valence-corrected chi connectivity index (χ1v) is 5.67. The Morgan fingerprint density at radius 3 is 2.28 bits per heavy atom. The summed E-state index contributed by atoms with van der Waals surface area (Å²) in [4.78, 5) is 11.8. The van der Waals surface area contributed by atoms with Crippen LogP contribution in [0.1, 0.15) is 6.92 Å². The van der Waals surface area contributed by atoms with Crippen LogP contribution >= 0.6 is 0 Å². The van der Waals surface area contributed by atoms with Crippen molar-refractivity contribution in [1.82, 2.24) is 5.01 Å². The van der Waals surface area contributed by atoms with E-state index in [1.54, 1.807) is 41.4 Å². The van der Waals surface area contributed by atoms with Gasteiger partial charge in [0.15, 0.2) is 0 Å². The molecule has 1 N–H and O–H groups in total. The number of aromatic hydroxyl groups is 1. The number of para-hydroxylation sites is 2. The maximum atomic E-state index is 11.8. The Kier molecular flexibility index (Phi) is 5.14. The van der Waals surface area contributed by atoms with Gasteiger partial charge >= 0.3 is 0 Å². The number of nitrogens with zero attached hydrogens (tertiary/aromatic N) is 2. The van der Waals surface area contributed by atoms with Crippen molar-refractivity contribution < 1.29 is 9.90 Å². The maximum Gasteiger partial charge on any atom is 0.238 e. The molecule has 1 aromatic rings. The van der Waals surface area contributed by atoms with E-state index in [9.17, 15) is 9.90 Å². The van der Waals surface area contributed by atoms with E-state index >= 15 is 0 Å². The number of benzene rings is 1. The molecule has 0 saturated carbocycles. The molecule has 0 radical (unpaired) electrons. The summed E-state index contributed by atoms with van der Waals surface area (Å²) in [5.74, 6) is -0.119. The van der Waals surface area contributed by atoms with Crippen molar-refractivity contribution in [2.45, 2.75) is 6.92 Å². The largest absolute Gasteiger partial charge is 0.506 e. The number of hydrogen-bond acceptors (Lipinski definition) is 3. The fourth-order valence-corrected chi connectivity index (χ4v) is 1.70. The fraction of sp³-hybridized carbons (Fsp3) is 0.214. The van der Waals surface area contributed by atoms with Gasteiger partial charge in [-0.1, -0.05) is 24.3 Å². The second-order valence-corrected chi connectivity index (χ2v) is 3.77. The number of phenols is 1. The molecule has 0 atom stereocenters. The monoisotopic (exact) mass is 246 g/mol. The summed E-state index contributed by atoms with van der Waals surface area (Å²) in [5.41, 5.74) is 0.453. The lowest BCUT2D eigenvalue weighted by Gasteiger charge is -2.33. The van der Waals surface area contributed by atoms with E-state index in [2.05, 4.69) is 13.2 Å². The third-order valence-electron chi connectivity index (χ3n) is 2.37. The van der Waals surface area contributed by atoms with Gasteiger partial charge in [0, 0.05) is 20.0 Å². The molecule has 0 spiro atoms. The molecule has 18 heavy (non-hydrogen) atoms. The summed E-state index contributed by atoms with van der Waals surface area (Å²) in [6.45, 7) is 9.75. The van der Waals surface area contributed by atoms with Gasteiger partial charge in [0.05, 0.1) is 0 Å². The molecule has 0 aromatic heterocycles. The molecule has 0 heterocycles. The second kappa shape index (κ2) is 6.61. The van der Waals surface area contributed by atoms with Crippen molar-refractivity contribution in [3.8, 4) is 5.75 Å². The van der Waals surface area contributed by atoms with Crippen LogP contribution in [0.4, 0.5) is 5.69 Å². The van der Waals surface area contributed by atoms with E-state index in [0.29, 0.717) is 18.8 Å². The molecule has 1 rings (SSSR count). The minimum atomic E-state index is -0.180. The zero-order valence-corrected chi connectivity index (χ0v) is 10.5. The number of hydrazine groups is 1. The number of rotatable bonds is 6. The molecule has 1 amide bonds. The minimum Gasteiger partial charge on any atom is -0.506 e. The topological polar surface area (TPSA) is 43.8 Å². The van der Waals surface area contributed by atoms with Crippen LogP contribution in [0.25, 0.3) is 0 Å². The van der Waals surface area contributed by atoms with Crippen LogP contribution in [0.5, 0.6) is 5.75 Å². The Hall–Kier alpha value is -2.07. The smallest absolute Gasteiger partial charge is 0.238 e. The molecule has 4 heteroatoms. The van der Waals surface area contributed by atoms with Crippen molar-refractivity contribution >= 4 is 11.6 Å². The van der Waals surface area contributed by atoms with Gasteiger partial charge in [0.2, 0.25) is 5.91 Å². The van der Waals surface area contributed by atoms with Crippen LogP contribution in [-0.2, 0) is 4.79 Å². The van der Waals surface area contributed by atoms with Gasteiger partial charge in [0.25, 0.3) is 0 Å². The van der Waals surface area contributed by atoms with Crippen LogP contribution < -0.4 is 5.01 Å². The Labute approximate surface area is 107 Å². The first-order valence-electron chi connectivity index (χ1n) is 5.67. The molecule has 0 saturated heterocycles. The molecule has 0 aliphatic rings. The van der Waals surface area contributed by atoms with Crippen LogP contribution in [0, 0.1) is 0 Å². The van der Waals surface area contributed by atoms with E-state index in [1.807, 2.05) is 0 Å². The number of carbonyl (C=O) groups is 1. The molecule has 0 aliphatic heterocycles. The van der Waals surface area contributed by atoms with E-state index in [-0.39, 0.29) is 11.7 Å². The van der Waals surface area contributed by atoms with Gasteiger partial charge in [-0.05, 0) is 12.1 Å². The molecular formula is C14H18N2O2. The van der Waals surface area contributed by atoms with Crippen molar-refractivity contribution in [3.63, 3.8) is 0 Å². The fourth-order valence-electron chi connectivity index (χ4n) is 1.70. The Morgan fingerprint density at radius 1 is 1.28 bits per heavy atom. The molecule has 96 valence electrons. The quantitative estimate of drug-likeness (QED) is 0.619. The normalized spacial score (nSPS) is 10.1. The summed E-state index contributed by atoms with van der Waals surface area (Å²) in [5, 5.41) is 13.0. The number of anilines is 1. The molecular weight excluding hydrogens is 228 g/mol. The highest BCUT2D eigenvalue weighted by Gasteiger charge is 2.20. The van der Waals surface area contributed by atoms with Gasteiger partial charge in [0.1, 0.15) is 11.4 Å². The molecule has 1 aromatic carbocycles. The summed E-state index contributed by atoms with van der Waals surface area (Å²) in [6, 6.07) is 6.72. The standard InChI is InChI=1S/C14H18N2O2/c1-4-10-15(11-5-2)16(12(3)17)13-8-6-7-9-14(13)18/h4-9,18H,1-2,10-11H2,3H3. The van der Waals surface area contributed by atoms with Crippen molar-refractivity contribution in [2.24, 2.45) is 0 Å².